The summed E-state index contributed by atoms with van der Waals surface area (Å²) in [6.45, 7) is 4.32. The van der Waals surface area contributed by atoms with Gasteiger partial charge in [0.1, 0.15) is 0 Å². The van der Waals surface area contributed by atoms with Crippen molar-refractivity contribution in [2.24, 2.45) is 5.92 Å². The largest absolute Gasteiger partial charge is 0.353 e. The molecule has 0 spiro atoms. The molecule has 1 aromatic rings. The van der Waals surface area contributed by atoms with E-state index in [0.717, 1.165) is 29.3 Å². The van der Waals surface area contributed by atoms with Gasteiger partial charge in [-0.15, -0.1) is 0 Å². The van der Waals surface area contributed by atoms with Crippen molar-refractivity contribution < 1.29 is 4.79 Å². The van der Waals surface area contributed by atoms with Crippen molar-refractivity contribution in [3.63, 3.8) is 0 Å². The van der Waals surface area contributed by atoms with Crippen molar-refractivity contribution in [2.75, 3.05) is 5.75 Å². The van der Waals surface area contributed by atoms with E-state index in [1.807, 2.05) is 13.8 Å². The van der Waals surface area contributed by atoms with Gasteiger partial charge in [0.2, 0.25) is 5.91 Å². The van der Waals surface area contributed by atoms with E-state index in [9.17, 15) is 9.59 Å². The van der Waals surface area contributed by atoms with E-state index in [2.05, 4.69) is 10.3 Å². The van der Waals surface area contributed by atoms with Crippen LogP contribution >= 0.6 is 11.8 Å². The van der Waals surface area contributed by atoms with Crippen molar-refractivity contribution in [2.45, 2.75) is 70.1 Å². The maximum Gasteiger partial charge on any atom is 0.257 e. The van der Waals surface area contributed by atoms with Crippen molar-refractivity contribution in [3.8, 4) is 0 Å². The Hall–Kier alpha value is -1.30. The second-order valence-electron chi connectivity index (χ2n) is 6.58. The Kier molecular flexibility index (Phi) is 5.09. The standard InChI is InChI=1S/C17H25N3O2S/c1-3-14-11(2)18-17-20(16(14)22)9-12(10-23-17)15(21)19-13-7-5-4-6-8-13/h12-13H,3-10H2,1-2H3,(H,19,21). The van der Waals surface area contributed by atoms with Crippen molar-refractivity contribution in [1.29, 1.82) is 0 Å². The number of nitrogens with zero attached hydrogens (tertiary/aromatic N) is 2. The molecule has 6 heteroatoms. The van der Waals surface area contributed by atoms with Crippen molar-refractivity contribution in [3.05, 3.63) is 21.6 Å². The maximum atomic E-state index is 12.6. The van der Waals surface area contributed by atoms with Gasteiger partial charge in [-0.25, -0.2) is 4.98 Å². The Morgan fingerprint density at radius 2 is 2.09 bits per heavy atom. The van der Waals surface area contributed by atoms with Gasteiger partial charge < -0.3 is 5.32 Å². The highest BCUT2D eigenvalue weighted by molar-refractivity contribution is 7.99. The van der Waals surface area contributed by atoms with Crippen LogP contribution in [0.3, 0.4) is 0 Å². The van der Waals surface area contributed by atoms with Crippen LogP contribution in [0.5, 0.6) is 0 Å². The number of amides is 1. The van der Waals surface area contributed by atoms with Crippen LogP contribution in [-0.4, -0.2) is 27.3 Å². The van der Waals surface area contributed by atoms with E-state index in [0.29, 0.717) is 24.8 Å². The summed E-state index contributed by atoms with van der Waals surface area (Å²) in [4.78, 5) is 29.7. The molecule has 1 aliphatic carbocycles. The topological polar surface area (TPSA) is 64.0 Å². The van der Waals surface area contributed by atoms with Crippen LogP contribution in [0.15, 0.2) is 9.95 Å². The smallest absolute Gasteiger partial charge is 0.257 e. The number of aryl methyl sites for hydroxylation is 1. The molecule has 0 aromatic carbocycles. The molecule has 2 heterocycles. The molecule has 1 N–H and O–H groups in total. The van der Waals surface area contributed by atoms with Gasteiger partial charge in [0, 0.05) is 29.6 Å². The normalized spacial score (nSPS) is 21.7. The molecular formula is C17H25N3O2S. The SMILES string of the molecule is CCc1c(C)nc2n(c1=O)CC(C(=O)NC1CCCCC1)CS2. The third-order valence-corrected chi connectivity index (χ3v) is 6.07. The monoisotopic (exact) mass is 335 g/mol. The van der Waals surface area contributed by atoms with Gasteiger partial charge in [0.25, 0.3) is 5.56 Å². The zero-order valence-corrected chi connectivity index (χ0v) is 14.7. The molecule has 126 valence electrons. The molecule has 1 atom stereocenters. The minimum Gasteiger partial charge on any atom is -0.353 e. The van der Waals surface area contributed by atoms with Gasteiger partial charge in [-0.05, 0) is 26.2 Å². The molecule has 0 saturated heterocycles. The zero-order chi connectivity index (χ0) is 16.4. The van der Waals surface area contributed by atoms with E-state index < -0.39 is 0 Å². The summed E-state index contributed by atoms with van der Waals surface area (Å²) < 4.78 is 1.70. The first kappa shape index (κ1) is 16.6. The number of fused-ring (bicyclic) bond motifs is 1. The van der Waals surface area contributed by atoms with Crippen LogP contribution in [0, 0.1) is 12.8 Å². The fourth-order valence-electron chi connectivity index (χ4n) is 3.53. The lowest BCUT2D eigenvalue weighted by atomic mass is 9.95. The van der Waals surface area contributed by atoms with Gasteiger partial charge in [0.15, 0.2) is 5.16 Å². The molecule has 0 radical (unpaired) electrons. The van der Waals surface area contributed by atoms with E-state index >= 15 is 0 Å². The third-order valence-electron chi connectivity index (χ3n) is 4.93. The van der Waals surface area contributed by atoms with Crippen LogP contribution in [0.2, 0.25) is 0 Å². The molecule has 1 fully saturated rings. The summed E-state index contributed by atoms with van der Waals surface area (Å²) in [5.74, 6) is 0.664. The summed E-state index contributed by atoms with van der Waals surface area (Å²) in [6, 6.07) is 0.321. The number of hydrogen-bond donors (Lipinski definition) is 1. The number of aromatic nitrogens is 2. The van der Waals surface area contributed by atoms with Gasteiger partial charge in [-0.2, -0.15) is 0 Å². The van der Waals surface area contributed by atoms with E-state index in [-0.39, 0.29) is 17.4 Å². The van der Waals surface area contributed by atoms with Gasteiger partial charge in [0.05, 0.1) is 5.92 Å². The lowest BCUT2D eigenvalue weighted by molar-refractivity contribution is -0.125. The second-order valence-corrected chi connectivity index (χ2v) is 7.57. The first-order chi connectivity index (χ1) is 11.1. The molecular weight excluding hydrogens is 310 g/mol. The fourth-order valence-corrected chi connectivity index (χ4v) is 4.65. The molecule has 1 saturated carbocycles. The number of thioether (sulfide) groups is 1. The van der Waals surface area contributed by atoms with Crippen molar-refractivity contribution in [1.82, 2.24) is 14.9 Å². The molecule has 1 aromatic heterocycles. The number of carbonyl (C=O) groups excluding carboxylic acids is 1. The Morgan fingerprint density at radius 3 is 2.78 bits per heavy atom. The lowest BCUT2D eigenvalue weighted by Crippen LogP contribution is -2.44. The average molecular weight is 335 g/mol. The summed E-state index contributed by atoms with van der Waals surface area (Å²) >= 11 is 1.53. The number of hydrogen-bond acceptors (Lipinski definition) is 4. The average Bonchev–Trinajstić information content (AvgIpc) is 2.56. The summed E-state index contributed by atoms with van der Waals surface area (Å²) in [5.41, 5.74) is 1.61. The van der Waals surface area contributed by atoms with E-state index in [1.54, 1.807) is 4.57 Å². The molecule has 0 bridgehead atoms. The number of rotatable bonds is 3. The quantitative estimate of drug-likeness (QED) is 0.861. The van der Waals surface area contributed by atoms with Gasteiger partial charge in [-0.3, -0.25) is 14.2 Å². The third kappa shape index (κ3) is 3.47. The Balaban J connectivity index is 1.74. The predicted octanol–water partition coefficient (Wildman–Crippen LogP) is 2.28. The summed E-state index contributed by atoms with van der Waals surface area (Å²) in [7, 11) is 0. The van der Waals surface area contributed by atoms with Crippen LogP contribution in [0.1, 0.15) is 50.3 Å². The molecule has 23 heavy (non-hydrogen) atoms. The minimum atomic E-state index is -0.138. The van der Waals surface area contributed by atoms with Crippen LogP contribution in [-0.2, 0) is 17.8 Å². The van der Waals surface area contributed by atoms with Crippen LogP contribution in [0.25, 0.3) is 0 Å². The van der Waals surface area contributed by atoms with Gasteiger partial charge in [-0.1, -0.05) is 37.9 Å². The minimum absolute atomic E-state index is 0.0256. The molecule has 1 amide bonds. The molecule has 1 unspecified atom stereocenters. The first-order valence-corrected chi connectivity index (χ1v) is 9.62. The fraction of sp³-hybridized carbons (Fsp3) is 0.706. The Morgan fingerprint density at radius 1 is 1.35 bits per heavy atom. The first-order valence-electron chi connectivity index (χ1n) is 8.63. The predicted molar refractivity (Wildman–Crippen MR) is 91.8 cm³/mol. The maximum absolute atomic E-state index is 12.6. The Labute approximate surface area is 141 Å². The number of nitrogens with one attached hydrogen (secondary N) is 1. The van der Waals surface area contributed by atoms with E-state index in [1.165, 1.54) is 31.0 Å². The second kappa shape index (κ2) is 7.07. The van der Waals surface area contributed by atoms with E-state index in [4.69, 9.17) is 0 Å². The number of carbonyl (C=O) groups is 1. The molecule has 3 rings (SSSR count). The summed E-state index contributed by atoms with van der Waals surface area (Å²) in [5, 5.41) is 3.95. The molecule has 5 nitrogen and oxygen atoms in total. The van der Waals surface area contributed by atoms with Crippen LogP contribution in [0.4, 0.5) is 0 Å². The lowest BCUT2D eigenvalue weighted by Gasteiger charge is -2.28. The molecule has 1 aliphatic heterocycles. The highest BCUT2D eigenvalue weighted by Gasteiger charge is 2.29. The Bertz CT molecular complexity index is 650. The highest BCUT2D eigenvalue weighted by atomic mass is 32.2. The van der Waals surface area contributed by atoms with Crippen LogP contribution < -0.4 is 10.9 Å². The highest BCUT2D eigenvalue weighted by Crippen LogP contribution is 2.26. The molecule has 2 aliphatic rings. The van der Waals surface area contributed by atoms with Gasteiger partial charge >= 0.3 is 0 Å². The van der Waals surface area contributed by atoms with Crippen molar-refractivity contribution >= 4 is 17.7 Å². The summed E-state index contributed by atoms with van der Waals surface area (Å²) in [6.07, 6.45) is 6.54. The zero-order valence-electron chi connectivity index (χ0n) is 13.9.